The lowest BCUT2D eigenvalue weighted by Gasteiger charge is -2.31. The maximum atomic E-state index is 13.0. The predicted octanol–water partition coefficient (Wildman–Crippen LogP) is 4.59. The van der Waals surface area contributed by atoms with Crippen molar-refractivity contribution < 1.29 is 19.1 Å². The minimum absolute atomic E-state index is 0.0910. The number of aryl methyl sites for hydroxylation is 1. The van der Waals surface area contributed by atoms with Crippen LogP contribution in [0.15, 0.2) is 42.9 Å². The van der Waals surface area contributed by atoms with Gasteiger partial charge in [0.05, 0.1) is 18.5 Å². The molecule has 2 amide bonds. The van der Waals surface area contributed by atoms with Crippen LogP contribution in [-0.2, 0) is 11.8 Å². The molecule has 2 fully saturated rings. The molecule has 37 heavy (non-hydrogen) atoms. The maximum absolute atomic E-state index is 13.0. The normalized spacial score (nSPS) is 15.2. The first-order valence-corrected chi connectivity index (χ1v) is 12.8. The second-order valence-corrected chi connectivity index (χ2v) is 10.0. The van der Waals surface area contributed by atoms with Gasteiger partial charge in [0.1, 0.15) is 11.5 Å². The second-order valence-electron chi connectivity index (χ2n) is 10.0. The Morgan fingerprint density at radius 1 is 1.11 bits per heavy atom. The van der Waals surface area contributed by atoms with E-state index >= 15 is 0 Å². The van der Waals surface area contributed by atoms with Crippen LogP contribution in [0.4, 0.5) is 11.6 Å². The zero-order chi connectivity index (χ0) is 25.9. The number of amides is 2. The van der Waals surface area contributed by atoms with Crippen molar-refractivity contribution in [2.24, 2.45) is 18.9 Å². The number of rotatable bonds is 10. The Balaban J connectivity index is 1.33. The summed E-state index contributed by atoms with van der Waals surface area (Å²) in [6, 6.07) is 6.68. The first-order valence-electron chi connectivity index (χ1n) is 12.8. The number of carbonyl (C=O) groups is 2. The van der Waals surface area contributed by atoms with E-state index in [0.29, 0.717) is 41.2 Å². The van der Waals surface area contributed by atoms with Crippen LogP contribution >= 0.6 is 0 Å². The fourth-order valence-corrected chi connectivity index (χ4v) is 4.13. The molecule has 0 spiro atoms. The number of hydrogen-bond acceptors (Lipinski definition) is 7. The minimum atomic E-state index is -0.343. The Labute approximate surface area is 216 Å². The van der Waals surface area contributed by atoms with Crippen LogP contribution in [0.5, 0.6) is 17.4 Å². The van der Waals surface area contributed by atoms with Gasteiger partial charge < -0.3 is 14.8 Å². The van der Waals surface area contributed by atoms with Gasteiger partial charge in [-0.3, -0.25) is 19.2 Å². The molecule has 3 aromatic rings. The van der Waals surface area contributed by atoms with Gasteiger partial charge >= 0.3 is 0 Å². The molecular formula is C27H32N6O4. The zero-order valence-corrected chi connectivity index (χ0v) is 21.4. The molecule has 2 aliphatic rings. The zero-order valence-electron chi connectivity index (χ0n) is 21.4. The number of hydrogen-bond donors (Lipinski definition) is 1. The molecule has 0 saturated heterocycles. The van der Waals surface area contributed by atoms with E-state index in [0.717, 1.165) is 32.1 Å². The number of benzene rings is 1. The van der Waals surface area contributed by atoms with Crippen LogP contribution in [-0.4, -0.2) is 44.2 Å². The maximum Gasteiger partial charge on any atom is 0.257 e. The molecule has 0 unspecified atom stereocenters. The number of anilines is 2. The summed E-state index contributed by atoms with van der Waals surface area (Å²) in [5, 5.41) is 6.96. The van der Waals surface area contributed by atoms with Crippen molar-refractivity contribution in [3.8, 4) is 17.4 Å². The molecular weight excluding hydrogens is 472 g/mol. The molecule has 0 bridgehead atoms. The van der Waals surface area contributed by atoms with Crippen LogP contribution < -0.4 is 19.7 Å². The summed E-state index contributed by atoms with van der Waals surface area (Å²) >= 11 is 0. The van der Waals surface area contributed by atoms with E-state index < -0.39 is 0 Å². The Kier molecular flexibility index (Phi) is 7.07. The first-order chi connectivity index (χ1) is 17.8. The molecule has 2 heterocycles. The van der Waals surface area contributed by atoms with Crippen LogP contribution in [0.25, 0.3) is 0 Å². The van der Waals surface area contributed by atoms with Gasteiger partial charge in [0, 0.05) is 43.4 Å². The van der Waals surface area contributed by atoms with Gasteiger partial charge in [-0.2, -0.15) is 5.10 Å². The van der Waals surface area contributed by atoms with Gasteiger partial charge in [-0.15, -0.1) is 0 Å². The van der Waals surface area contributed by atoms with E-state index in [2.05, 4.69) is 20.4 Å². The van der Waals surface area contributed by atoms with Crippen LogP contribution in [0.2, 0.25) is 0 Å². The summed E-state index contributed by atoms with van der Waals surface area (Å²) in [4.78, 5) is 36.6. The number of carbonyl (C=O) groups excluding carboxylic acids is 2. The Bertz CT molecular complexity index is 1260. The van der Waals surface area contributed by atoms with Crippen LogP contribution in [0.3, 0.4) is 0 Å². The van der Waals surface area contributed by atoms with Crippen LogP contribution in [0.1, 0.15) is 56.3 Å². The third kappa shape index (κ3) is 6.25. The topological polar surface area (TPSA) is 111 Å². The molecule has 2 aliphatic carbocycles. The molecule has 194 valence electrons. The number of ether oxygens (including phenoxy) is 2. The monoisotopic (exact) mass is 504 g/mol. The van der Waals surface area contributed by atoms with Crippen molar-refractivity contribution in [2.45, 2.75) is 52.1 Å². The van der Waals surface area contributed by atoms with Gasteiger partial charge in [-0.05, 0) is 57.6 Å². The Morgan fingerprint density at radius 3 is 2.49 bits per heavy atom. The van der Waals surface area contributed by atoms with Gasteiger partial charge in [0.25, 0.3) is 5.91 Å². The number of nitrogens with zero attached hydrogens (tertiary/aromatic N) is 5. The predicted molar refractivity (Wildman–Crippen MR) is 138 cm³/mol. The fourth-order valence-electron chi connectivity index (χ4n) is 4.13. The van der Waals surface area contributed by atoms with E-state index in [4.69, 9.17) is 9.47 Å². The summed E-state index contributed by atoms with van der Waals surface area (Å²) in [6.45, 7) is 4.50. The van der Waals surface area contributed by atoms with Crippen molar-refractivity contribution in [1.29, 1.82) is 0 Å². The van der Waals surface area contributed by atoms with E-state index in [1.54, 1.807) is 53.3 Å². The van der Waals surface area contributed by atoms with Crippen molar-refractivity contribution in [2.75, 3.05) is 16.8 Å². The summed E-state index contributed by atoms with van der Waals surface area (Å²) in [5.74, 6) is 2.55. The lowest BCUT2D eigenvalue weighted by atomic mass is 9.84. The molecule has 0 radical (unpaired) electrons. The van der Waals surface area contributed by atoms with Crippen molar-refractivity contribution in [3.63, 3.8) is 0 Å². The van der Waals surface area contributed by atoms with Gasteiger partial charge in [0.2, 0.25) is 11.8 Å². The average molecular weight is 505 g/mol. The molecule has 10 heteroatoms. The summed E-state index contributed by atoms with van der Waals surface area (Å²) in [6.07, 6.45) is 10.0. The largest absolute Gasteiger partial charge is 0.491 e. The first kappa shape index (κ1) is 24.7. The minimum Gasteiger partial charge on any atom is -0.491 e. The third-order valence-electron chi connectivity index (χ3n) is 6.44. The summed E-state index contributed by atoms with van der Waals surface area (Å²) < 4.78 is 13.4. The van der Waals surface area contributed by atoms with E-state index in [1.807, 2.05) is 13.8 Å². The smallest absolute Gasteiger partial charge is 0.257 e. The average Bonchev–Trinajstić information content (AvgIpc) is 3.55. The van der Waals surface area contributed by atoms with Gasteiger partial charge in [-0.1, -0.05) is 6.42 Å². The Morgan fingerprint density at radius 2 is 1.89 bits per heavy atom. The quantitative estimate of drug-likeness (QED) is 0.430. The molecule has 10 nitrogen and oxygen atoms in total. The molecule has 0 atom stereocenters. The molecule has 1 aromatic carbocycles. The highest BCUT2D eigenvalue weighted by Gasteiger charge is 2.34. The standard InChI is InChI=1S/C27H32N6O4/c1-17(2)36-21-11-20(26(34)30-23-9-10-32(3)31-23)12-22(13-21)37-25-15-28-24(14-29-25)33(16-18-7-8-18)27(35)19-5-4-6-19/h9-15,17-19H,4-8,16H2,1-3H3,(H,30,31,34). The number of nitrogens with one attached hydrogen (secondary N) is 1. The highest BCUT2D eigenvalue weighted by Crippen LogP contribution is 2.35. The SMILES string of the molecule is CC(C)Oc1cc(Oc2cnc(N(CC3CC3)C(=O)C3CCC3)cn2)cc(C(=O)Nc2ccn(C)n2)c1. The second kappa shape index (κ2) is 10.6. The van der Waals surface area contributed by atoms with Crippen LogP contribution in [0, 0.1) is 11.8 Å². The van der Waals surface area contributed by atoms with Crippen molar-refractivity contribution >= 4 is 23.5 Å². The molecule has 1 N–H and O–H groups in total. The highest BCUT2D eigenvalue weighted by molar-refractivity contribution is 6.04. The van der Waals surface area contributed by atoms with E-state index in [1.165, 1.54) is 6.20 Å². The van der Waals surface area contributed by atoms with E-state index in [9.17, 15) is 9.59 Å². The Hall–Kier alpha value is -3.95. The molecule has 5 rings (SSSR count). The third-order valence-corrected chi connectivity index (χ3v) is 6.44. The number of aromatic nitrogens is 4. The van der Waals surface area contributed by atoms with Gasteiger partial charge in [0.15, 0.2) is 11.6 Å². The molecule has 2 aromatic heterocycles. The van der Waals surface area contributed by atoms with E-state index in [-0.39, 0.29) is 29.7 Å². The highest BCUT2D eigenvalue weighted by atomic mass is 16.5. The lowest BCUT2D eigenvalue weighted by molar-refractivity contribution is -0.124. The lowest BCUT2D eigenvalue weighted by Crippen LogP contribution is -2.40. The molecule has 0 aliphatic heterocycles. The fraction of sp³-hybridized carbons (Fsp3) is 0.444. The summed E-state index contributed by atoms with van der Waals surface area (Å²) in [7, 11) is 1.78. The molecule has 2 saturated carbocycles. The van der Waals surface area contributed by atoms with Gasteiger partial charge in [-0.25, -0.2) is 9.97 Å². The van der Waals surface area contributed by atoms with Crippen molar-refractivity contribution in [1.82, 2.24) is 19.7 Å². The van der Waals surface area contributed by atoms with Crippen molar-refractivity contribution in [3.05, 3.63) is 48.4 Å². The summed E-state index contributed by atoms with van der Waals surface area (Å²) in [5.41, 5.74) is 0.352.